The van der Waals surface area contributed by atoms with E-state index >= 15 is 0 Å². The minimum absolute atomic E-state index is 0.0255. The molecule has 0 unspecified atom stereocenters. The molecule has 0 spiro atoms. The van der Waals surface area contributed by atoms with Crippen molar-refractivity contribution in [2.45, 2.75) is 59.4 Å². The van der Waals surface area contributed by atoms with Crippen molar-refractivity contribution in [2.24, 2.45) is 0 Å². The van der Waals surface area contributed by atoms with Crippen LogP contribution < -0.4 is 5.32 Å². The molecule has 0 saturated heterocycles. The number of carbonyl (C=O) groups is 2. The highest BCUT2D eigenvalue weighted by Gasteiger charge is 2.18. The zero-order valence-corrected chi connectivity index (χ0v) is 13.2. The van der Waals surface area contributed by atoms with E-state index < -0.39 is 0 Å². The van der Waals surface area contributed by atoms with Crippen LogP contribution in [0.5, 0.6) is 0 Å². The third-order valence-corrected chi connectivity index (χ3v) is 3.77. The smallest absolute Gasteiger partial charge is 0.220 e. The molecule has 0 aliphatic carbocycles. The summed E-state index contributed by atoms with van der Waals surface area (Å²) in [5.74, 6) is -0.0356. The van der Waals surface area contributed by atoms with Crippen molar-refractivity contribution in [1.82, 2.24) is 5.32 Å². The zero-order chi connectivity index (χ0) is 15.3. The molecule has 0 heterocycles. The van der Waals surface area contributed by atoms with Crippen LogP contribution in [0, 0.1) is 13.8 Å². The van der Waals surface area contributed by atoms with E-state index in [1.807, 2.05) is 52.8 Å². The molecule has 0 fully saturated rings. The lowest BCUT2D eigenvalue weighted by Gasteiger charge is -2.24. The summed E-state index contributed by atoms with van der Waals surface area (Å²) in [7, 11) is 0. The fourth-order valence-corrected chi connectivity index (χ4v) is 1.81. The number of benzene rings is 1. The van der Waals surface area contributed by atoms with Crippen LogP contribution in [0.1, 0.15) is 61.5 Å². The Balaban J connectivity index is 2.55. The summed E-state index contributed by atoms with van der Waals surface area (Å²) in [6, 6.07) is 5.67. The predicted molar refractivity (Wildman–Crippen MR) is 82.0 cm³/mol. The lowest BCUT2D eigenvalue weighted by molar-refractivity contribution is -0.122. The number of hydrogen-bond acceptors (Lipinski definition) is 2. The normalized spacial score (nSPS) is 11.2. The second-order valence-corrected chi connectivity index (χ2v) is 6.01. The first-order valence-corrected chi connectivity index (χ1v) is 7.16. The molecule has 1 amide bonds. The quantitative estimate of drug-likeness (QED) is 0.807. The van der Waals surface area contributed by atoms with Crippen LogP contribution in [0.2, 0.25) is 0 Å². The van der Waals surface area contributed by atoms with Gasteiger partial charge in [0.05, 0.1) is 0 Å². The number of hydrogen-bond donors (Lipinski definition) is 1. The third-order valence-electron chi connectivity index (χ3n) is 3.77. The predicted octanol–water partition coefficient (Wildman–Crippen LogP) is 3.57. The van der Waals surface area contributed by atoms with Crippen molar-refractivity contribution in [3.63, 3.8) is 0 Å². The van der Waals surface area contributed by atoms with Gasteiger partial charge in [0.1, 0.15) is 0 Å². The summed E-state index contributed by atoms with van der Waals surface area (Å²) in [6.45, 7) is 10.00. The van der Waals surface area contributed by atoms with Crippen molar-refractivity contribution >= 4 is 11.7 Å². The molecule has 3 nitrogen and oxygen atoms in total. The average molecular weight is 275 g/mol. The van der Waals surface area contributed by atoms with Crippen LogP contribution in [0.25, 0.3) is 0 Å². The van der Waals surface area contributed by atoms with Crippen LogP contribution in [0.4, 0.5) is 0 Å². The Labute approximate surface area is 121 Å². The summed E-state index contributed by atoms with van der Waals surface area (Å²) < 4.78 is 0. The van der Waals surface area contributed by atoms with Crippen molar-refractivity contribution in [1.29, 1.82) is 0 Å². The highest BCUT2D eigenvalue weighted by Crippen LogP contribution is 2.13. The Morgan fingerprint density at radius 3 is 2.30 bits per heavy atom. The average Bonchev–Trinajstić information content (AvgIpc) is 2.38. The Kier molecular flexibility index (Phi) is 5.49. The highest BCUT2D eigenvalue weighted by molar-refractivity contribution is 5.98. The van der Waals surface area contributed by atoms with E-state index in [2.05, 4.69) is 5.32 Å². The molecule has 3 heteroatoms. The van der Waals surface area contributed by atoms with Gasteiger partial charge in [0.25, 0.3) is 0 Å². The second-order valence-electron chi connectivity index (χ2n) is 6.01. The molecule has 0 aliphatic rings. The van der Waals surface area contributed by atoms with E-state index in [0.29, 0.717) is 5.56 Å². The monoisotopic (exact) mass is 275 g/mol. The lowest BCUT2D eigenvalue weighted by atomic mass is 9.99. The Bertz CT molecular complexity index is 504. The Hall–Kier alpha value is -1.64. The first-order chi connectivity index (χ1) is 9.25. The summed E-state index contributed by atoms with van der Waals surface area (Å²) in [5, 5.41) is 2.94. The summed E-state index contributed by atoms with van der Waals surface area (Å²) in [4.78, 5) is 23.9. The van der Waals surface area contributed by atoms with Gasteiger partial charge in [-0.3, -0.25) is 9.59 Å². The van der Waals surface area contributed by atoms with E-state index in [1.54, 1.807) is 0 Å². The van der Waals surface area contributed by atoms with Crippen LogP contribution in [-0.2, 0) is 4.79 Å². The van der Waals surface area contributed by atoms with Gasteiger partial charge in [0, 0.05) is 23.9 Å². The van der Waals surface area contributed by atoms with Gasteiger partial charge in [-0.25, -0.2) is 0 Å². The highest BCUT2D eigenvalue weighted by atomic mass is 16.2. The van der Waals surface area contributed by atoms with Crippen molar-refractivity contribution < 1.29 is 9.59 Å². The topological polar surface area (TPSA) is 46.2 Å². The standard InChI is InChI=1S/C17H25NO2/c1-6-17(4,5)18-16(20)10-9-15(19)14-8-7-12(2)13(3)11-14/h7-8,11H,6,9-10H2,1-5H3,(H,18,20). The molecule has 1 aromatic rings. The van der Waals surface area contributed by atoms with E-state index in [1.165, 1.54) is 5.56 Å². The summed E-state index contributed by atoms with van der Waals surface area (Å²) in [6.07, 6.45) is 1.37. The first-order valence-electron chi connectivity index (χ1n) is 7.16. The number of carbonyl (C=O) groups excluding carboxylic acids is 2. The summed E-state index contributed by atoms with van der Waals surface area (Å²) >= 11 is 0. The van der Waals surface area contributed by atoms with Gasteiger partial charge in [0.2, 0.25) is 5.91 Å². The number of rotatable bonds is 6. The maximum Gasteiger partial charge on any atom is 0.220 e. The number of Topliss-reactive ketones (excluding diaryl/α,β-unsaturated/α-hetero) is 1. The van der Waals surface area contributed by atoms with Crippen LogP contribution in [0.3, 0.4) is 0 Å². The fourth-order valence-electron chi connectivity index (χ4n) is 1.81. The number of aryl methyl sites for hydroxylation is 2. The molecule has 20 heavy (non-hydrogen) atoms. The minimum Gasteiger partial charge on any atom is -0.351 e. The maximum atomic E-state index is 12.1. The maximum absolute atomic E-state index is 12.1. The van der Waals surface area contributed by atoms with Gasteiger partial charge in [-0.1, -0.05) is 19.1 Å². The number of nitrogens with one attached hydrogen (secondary N) is 1. The number of amides is 1. The largest absolute Gasteiger partial charge is 0.351 e. The second kappa shape index (κ2) is 6.69. The van der Waals surface area contributed by atoms with E-state index in [9.17, 15) is 9.59 Å². The van der Waals surface area contributed by atoms with Crippen LogP contribution in [-0.4, -0.2) is 17.2 Å². The number of ketones is 1. The SMILES string of the molecule is CCC(C)(C)NC(=O)CCC(=O)c1ccc(C)c(C)c1. The molecule has 0 radical (unpaired) electrons. The molecule has 0 atom stereocenters. The first kappa shape index (κ1) is 16.4. The molecular formula is C17H25NO2. The van der Waals surface area contributed by atoms with Gasteiger partial charge in [-0.2, -0.15) is 0 Å². The third kappa shape index (κ3) is 4.80. The van der Waals surface area contributed by atoms with E-state index in [4.69, 9.17) is 0 Å². The van der Waals surface area contributed by atoms with Crippen molar-refractivity contribution in [2.75, 3.05) is 0 Å². The molecule has 110 valence electrons. The van der Waals surface area contributed by atoms with Crippen molar-refractivity contribution in [3.8, 4) is 0 Å². The molecule has 0 saturated carbocycles. The minimum atomic E-state index is -0.208. The van der Waals surface area contributed by atoms with Gasteiger partial charge in [-0.05, 0) is 51.3 Å². The molecule has 1 N–H and O–H groups in total. The Morgan fingerprint density at radius 1 is 1.10 bits per heavy atom. The van der Waals surface area contributed by atoms with Gasteiger partial charge in [-0.15, -0.1) is 0 Å². The van der Waals surface area contributed by atoms with E-state index in [0.717, 1.165) is 12.0 Å². The van der Waals surface area contributed by atoms with Gasteiger partial charge < -0.3 is 5.32 Å². The molecular weight excluding hydrogens is 250 g/mol. The van der Waals surface area contributed by atoms with E-state index in [-0.39, 0.29) is 30.1 Å². The molecule has 1 aromatic carbocycles. The fraction of sp³-hybridized carbons (Fsp3) is 0.529. The zero-order valence-electron chi connectivity index (χ0n) is 13.2. The van der Waals surface area contributed by atoms with Crippen LogP contribution in [0.15, 0.2) is 18.2 Å². The molecule has 1 rings (SSSR count). The molecule has 0 aromatic heterocycles. The Morgan fingerprint density at radius 2 is 1.75 bits per heavy atom. The lowest BCUT2D eigenvalue weighted by Crippen LogP contribution is -2.42. The van der Waals surface area contributed by atoms with Crippen molar-refractivity contribution in [3.05, 3.63) is 34.9 Å². The van der Waals surface area contributed by atoms with Crippen LogP contribution >= 0.6 is 0 Å². The summed E-state index contributed by atoms with van der Waals surface area (Å²) in [5.41, 5.74) is 2.76. The molecule has 0 aliphatic heterocycles. The van der Waals surface area contributed by atoms with Gasteiger partial charge in [0.15, 0.2) is 5.78 Å². The molecule has 0 bridgehead atoms. The van der Waals surface area contributed by atoms with Gasteiger partial charge >= 0.3 is 0 Å².